The second-order valence-corrected chi connectivity index (χ2v) is 6.66. The molecule has 1 amide bonds. The summed E-state index contributed by atoms with van der Waals surface area (Å²) in [7, 11) is 0. The van der Waals surface area contributed by atoms with Gasteiger partial charge in [0, 0.05) is 12.8 Å². The molecule has 1 N–H and O–H groups in total. The molecular formula is C15H25F2NO4. The minimum absolute atomic E-state index is 0.0133. The molecule has 5 nitrogen and oxygen atoms in total. The van der Waals surface area contributed by atoms with E-state index in [-0.39, 0.29) is 18.9 Å². The fourth-order valence-corrected chi connectivity index (χ4v) is 2.01. The van der Waals surface area contributed by atoms with Crippen molar-refractivity contribution >= 4 is 12.1 Å². The Labute approximate surface area is 129 Å². The van der Waals surface area contributed by atoms with Crippen LogP contribution >= 0.6 is 0 Å². The van der Waals surface area contributed by atoms with Crippen LogP contribution in [-0.4, -0.2) is 36.2 Å². The maximum absolute atomic E-state index is 14.0. The summed E-state index contributed by atoms with van der Waals surface area (Å²) in [5, 5.41) is 2.19. The van der Waals surface area contributed by atoms with E-state index in [0.717, 1.165) is 12.8 Å². The van der Waals surface area contributed by atoms with Crippen molar-refractivity contribution in [2.24, 2.45) is 5.92 Å². The summed E-state index contributed by atoms with van der Waals surface area (Å²) in [6.45, 7) is 6.57. The van der Waals surface area contributed by atoms with Gasteiger partial charge in [-0.1, -0.05) is 0 Å². The minimum Gasteiger partial charge on any atom is -0.464 e. The molecule has 1 fully saturated rings. The number of alkyl halides is 2. The van der Waals surface area contributed by atoms with Gasteiger partial charge in [-0.15, -0.1) is 0 Å². The van der Waals surface area contributed by atoms with Crippen molar-refractivity contribution in [1.29, 1.82) is 0 Å². The molecule has 7 heteroatoms. The van der Waals surface area contributed by atoms with E-state index in [0.29, 0.717) is 0 Å². The van der Waals surface area contributed by atoms with Crippen molar-refractivity contribution in [3.05, 3.63) is 0 Å². The molecule has 1 atom stereocenters. The molecule has 1 rings (SSSR count). The van der Waals surface area contributed by atoms with E-state index in [2.05, 4.69) is 5.32 Å². The van der Waals surface area contributed by atoms with E-state index < -0.39 is 36.0 Å². The zero-order valence-electron chi connectivity index (χ0n) is 13.6. The number of ether oxygens (including phenoxy) is 2. The van der Waals surface area contributed by atoms with Crippen LogP contribution < -0.4 is 5.32 Å². The molecule has 0 aromatic heterocycles. The first-order valence-corrected chi connectivity index (χ1v) is 7.56. The average Bonchev–Trinajstić information content (AvgIpc) is 3.08. The van der Waals surface area contributed by atoms with Crippen LogP contribution in [0.5, 0.6) is 0 Å². The summed E-state index contributed by atoms with van der Waals surface area (Å²) in [6.07, 6.45) is -0.369. The smallest absolute Gasteiger partial charge is 0.408 e. The van der Waals surface area contributed by atoms with E-state index in [4.69, 9.17) is 9.47 Å². The minimum atomic E-state index is -3.02. The monoisotopic (exact) mass is 321 g/mol. The highest BCUT2D eigenvalue weighted by atomic mass is 19.3. The largest absolute Gasteiger partial charge is 0.464 e. The maximum Gasteiger partial charge on any atom is 0.408 e. The summed E-state index contributed by atoms with van der Waals surface area (Å²) in [6, 6.07) is -1.41. The number of nitrogens with one attached hydrogen (secondary N) is 1. The fourth-order valence-electron chi connectivity index (χ4n) is 2.01. The summed E-state index contributed by atoms with van der Waals surface area (Å²) in [5.74, 6) is -3.88. The second kappa shape index (κ2) is 7.24. The highest BCUT2D eigenvalue weighted by Gasteiger charge is 2.42. The van der Waals surface area contributed by atoms with Gasteiger partial charge in [-0.05, 0) is 46.5 Å². The lowest BCUT2D eigenvalue weighted by molar-refractivity contribution is -0.148. The Bertz CT molecular complexity index is 403. The molecule has 128 valence electrons. The average molecular weight is 321 g/mol. The molecule has 0 saturated heterocycles. The molecule has 0 radical (unpaired) electrons. The third-order valence-corrected chi connectivity index (χ3v) is 3.05. The van der Waals surface area contributed by atoms with Crippen LogP contribution in [0.2, 0.25) is 0 Å². The molecule has 0 bridgehead atoms. The zero-order valence-corrected chi connectivity index (χ0v) is 13.6. The van der Waals surface area contributed by atoms with Crippen molar-refractivity contribution in [2.45, 2.75) is 70.9 Å². The summed E-state index contributed by atoms with van der Waals surface area (Å²) >= 11 is 0. The number of hydrogen-bond acceptors (Lipinski definition) is 4. The molecule has 0 spiro atoms. The number of hydrogen-bond donors (Lipinski definition) is 1. The van der Waals surface area contributed by atoms with Crippen LogP contribution in [0.3, 0.4) is 0 Å². The third-order valence-electron chi connectivity index (χ3n) is 3.05. The lowest BCUT2D eigenvalue weighted by atomic mass is 10.0. The zero-order chi connectivity index (χ0) is 17.0. The molecule has 0 heterocycles. The SMILES string of the molecule is CCOC(=O)[C@H](CC(F)(F)CC1CC1)NC(=O)OC(C)(C)C. The van der Waals surface area contributed by atoms with Gasteiger partial charge in [0.05, 0.1) is 6.61 Å². The number of amides is 1. The van der Waals surface area contributed by atoms with Crippen LogP contribution in [0.15, 0.2) is 0 Å². The van der Waals surface area contributed by atoms with Gasteiger partial charge in [-0.25, -0.2) is 18.4 Å². The first-order chi connectivity index (χ1) is 10.0. The van der Waals surface area contributed by atoms with E-state index in [1.54, 1.807) is 27.7 Å². The molecule has 0 aromatic rings. The Morgan fingerprint density at radius 1 is 1.27 bits per heavy atom. The lowest BCUT2D eigenvalue weighted by Gasteiger charge is -2.25. The number of alkyl carbamates (subject to hydrolysis) is 1. The Morgan fingerprint density at radius 2 is 1.86 bits per heavy atom. The van der Waals surface area contributed by atoms with Gasteiger partial charge >= 0.3 is 12.1 Å². The Hall–Kier alpha value is -1.40. The molecule has 0 aromatic carbocycles. The number of carbonyl (C=O) groups is 2. The maximum atomic E-state index is 14.0. The van der Waals surface area contributed by atoms with E-state index in [1.165, 1.54) is 0 Å². The van der Waals surface area contributed by atoms with Crippen LogP contribution in [0.25, 0.3) is 0 Å². The third kappa shape index (κ3) is 7.56. The van der Waals surface area contributed by atoms with E-state index >= 15 is 0 Å². The van der Waals surface area contributed by atoms with Gasteiger partial charge in [0.1, 0.15) is 11.6 Å². The second-order valence-electron chi connectivity index (χ2n) is 6.66. The molecule has 1 saturated carbocycles. The topological polar surface area (TPSA) is 64.6 Å². The van der Waals surface area contributed by atoms with Gasteiger partial charge in [0.25, 0.3) is 5.92 Å². The van der Waals surface area contributed by atoms with Crippen LogP contribution in [-0.2, 0) is 14.3 Å². The molecule has 0 unspecified atom stereocenters. The van der Waals surface area contributed by atoms with Gasteiger partial charge < -0.3 is 14.8 Å². The lowest BCUT2D eigenvalue weighted by Crippen LogP contribution is -2.47. The number of rotatable bonds is 7. The molecule has 0 aliphatic heterocycles. The van der Waals surface area contributed by atoms with E-state index in [1.807, 2.05) is 0 Å². The first-order valence-electron chi connectivity index (χ1n) is 7.56. The fraction of sp³-hybridized carbons (Fsp3) is 0.867. The van der Waals surface area contributed by atoms with Gasteiger partial charge in [-0.3, -0.25) is 0 Å². The number of halogens is 2. The summed E-state index contributed by atoms with van der Waals surface area (Å²) in [4.78, 5) is 23.5. The molecule has 1 aliphatic rings. The highest BCUT2D eigenvalue weighted by molar-refractivity contribution is 5.81. The number of esters is 1. The van der Waals surface area contributed by atoms with Crippen LogP contribution in [0.4, 0.5) is 13.6 Å². The number of carbonyl (C=O) groups excluding carboxylic acids is 2. The van der Waals surface area contributed by atoms with Gasteiger partial charge in [-0.2, -0.15) is 0 Å². The summed E-state index contributed by atoms with van der Waals surface area (Å²) < 4.78 is 37.7. The predicted octanol–water partition coefficient (Wildman–Crippen LogP) is 3.27. The van der Waals surface area contributed by atoms with Gasteiger partial charge in [0.2, 0.25) is 0 Å². The summed E-state index contributed by atoms with van der Waals surface area (Å²) in [5.41, 5.74) is -0.778. The quantitative estimate of drug-likeness (QED) is 0.731. The van der Waals surface area contributed by atoms with E-state index in [9.17, 15) is 18.4 Å². The normalized spacial score (nSPS) is 16.8. The van der Waals surface area contributed by atoms with Gasteiger partial charge in [0.15, 0.2) is 0 Å². The van der Waals surface area contributed by atoms with Crippen LogP contribution in [0, 0.1) is 5.92 Å². The standard InChI is InChI=1S/C15H25F2NO4/c1-5-21-12(19)11(18-13(20)22-14(2,3)4)9-15(16,17)8-10-6-7-10/h10-11H,5-9H2,1-4H3,(H,18,20)/t11-/m0/s1. The Balaban J connectivity index is 2.66. The van der Waals surface area contributed by atoms with Crippen molar-refractivity contribution in [1.82, 2.24) is 5.32 Å². The van der Waals surface area contributed by atoms with Crippen molar-refractivity contribution in [2.75, 3.05) is 6.61 Å². The van der Waals surface area contributed by atoms with Crippen LogP contribution in [0.1, 0.15) is 53.4 Å². The molecule has 1 aliphatic carbocycles. The molecular weight excluding hydrogens is 296 g/mol. The Kier molecular flexibility index (Phi) is 6.14. The first kappa shape index (κ1) is 18.6. The van der Waals surface area contributed by atoms with Crippen molar-refractivity contribution < 1.29 is 27.8 Å². The Morgan fingerprint density at radius 3 is 2.32 bits per heavy atom. The molecule has 22 heavy (non-hydrogen) atoms. The highest BCUT2D eigenvalue weighted by Crippen LogP contribution is 2.40. The van der Waals surface area contributed by atoms with Crippen molar-refractivity contribution in [3.8, 4) is 0 Å². The van der Waals surface area contributed by atoms with Crippen molar-refractivity contribution in [3.63, 3.8) is 0 Å². The predicted molar refractivity (Wildman–Crippen MR) is 76.7 cm³/mol.